The first kappa shape index (κ1) is 22.0. The molecular weight excluding hydrogens is 396 g/mol. The first-order valence-electron chi connectivity index (χ1n) is 10.1. The molecule has 0 radical (unpaired) electrons. The fourth-order valence-electron chi connectivity index (χ4n) is 2.91. The number of ether oxygens (including phenoxy) is 2. The molecule has 30 heavy (non-hydrogen) atoms. The van der Waals surface area contributed by atoms with E-state index < -0.39 is 0 Å². The number of carbonyl (C=O) groups is 1. The zero-order valence-electron chi connectivity index (χ0n) is 17.6. The number of benzene rings is 2. The molecule has 1 amide bonds. The first-order valence-corrected chi connectivity index (χ1v) is 11.1. The molecule has 2 aromatic rings. The van der Waals surface area contributed by atoms with Gasteiger partial charge in [-0.05, 0) is 42.2 Å². The van der Waals surface area contributed by atoms with Gasteiger partial charge in [0.2, 0.25) is 5.91 Å². The summed E-state index contributed by atoms with van der Waals surface area (Å²) >= 11 is 1.55. The SMILES string of the molecule is COc1ccc(C2CSC(NC(=O)/C=C/c3ccccc3OCCC(C)C)=N2)cc1. The lowest BCUT2D eigenvalue weighted by molar-refractivity contribution is -0.115. The summed E-state index contributed by atoms with van der Waals surface area (Å²) in [5.74, 6) is 2.80. The van der Waals surface area contributed by atoms with Crippen LogP contribution in [0.15, 0.2) is 59.6 Å². The van der Waals surface area contributed by atoms with Gasteiger partial charge in [-0.2, -0.15) is 0 Å². The van der Waals surface area contributed by atoms with Crippen molar-refractivity contribution in [1.29, 1.82) is 0 Å². The molecule has 3 rings (SSSR count). The zero-order valence-corrected chi connectivity index (χ0v) is 18.4. The number of para-hydroxylation sites is 1. The van der Waals surface area contributed by atoms with Crippen LogP contribution in [0.25, 0.3) is 6.08 Å². The predicted octanol–water partition coefficient (Wildman–Crippen LogP) is 5.09. The van der Waals surface area contributed by atoms with Crippen LogP contribution in [0.1, 0.15) is 37.4 Å². The topological polar surface area (TPSA) is 59.9 Å². The average Bonchev–Trinajstić information content (AvgIpc) is 3.21. The third-order valence-corrected chi connectivity index (χ3v) is 5.63. The van der Waals surface area contributed by atoms with Crippen molar-refractivity contribution in [3.05, 3.63) is 65.7 Å². The largest absolute Gasteiger partial charge is 0.497 e. The van der Waals surface area contributed by atoms with Gasteiger partial charge in [0.25, 0.3) is 0 Å². The van der Waals surface area contributed by atoms with E-state index in [0.717, 1.165) is 34.8 Å². The number of carbonyl (C=O) groups excluding carboxylic acids is 1. The summed E-state index contributed by atoms with van der Waals surface area (Å²) in [4.78, 5) is 17.0. The Balaban J connectivity index is 1.57. The molecule has 1 aliphatic rings. The molecule has 1 aliphatic heterocycles. The van der Waals surface area contributed by atoms with Crippen LogP contribution in [0.5, 0.6) is 11.5 Å². The summed E-state index contributed by atoms with van der Waals surface area (Å²) in [6.07, 6.45) is 4.29. The van der Waals surface area contributed by atoms with Crippen molar-refractivity contribution in [2.45, 2.75) is 26.3 Å². The van der Waals surface area contributed by atoms with Crippen molar-refractivity contribution < 1.29 is 14.3 Å². The molecule has 0 aliphatic carbocycles. The van der Waals surface area contributed by atoms with Gasteiger partial charge in [0.1, 0.15) is 11.5 Å². The molecule has 5 nitrogen and oxygen atoms in total. The Morgan fingerprint density at radius 2 is 2.00 bits per heavy atom. The minimum absolute atomic E-state index is 0.0373. The molecule has 6 heteroatoms. The van der Waals surface area contributed by atoms with Gasteiger partial charge in [-0.15, -0.1) is 0 Å². The van der Waals surface area contributed by atoms with Crippen LogP contribution < -0.4 is 14.8 Å². The van der Waals surface area contributed by atoms with Gasteiger partial charge in [-0.3, -0.25) is 9.79 Å². The Labute approximate surface area is 182 Å². The van der Waals surface area contributed by atoms with Crippen LogP contribution in [0.2, 0.25) is 0 Å². The molecule has 0 bridgehead atoms. The van der Waals surface area contributed by atoms with E-state index in [1.54, 1.807) is 24.9 Å². The lowest BCUT2D eigenvalue weighted by atomic mass is 10.1. The van der Waals surface area contributed by atoms with E-state index in [-0.39, 0.29) is 11.9 Å². The molecule has 0 spiro atoms. The second kappa shape index (κ2) is 10.9. The Kier molecular flexibility index (Phi) is 7.97. The third-order valence-electron chi connectivity index (χ3n) is 4.67. The summed E-state index contributed by atoms with van der Waals surface area (Å²) in [6, 6.07) is 15.6. The van der Waals surface area contributed by atoms with Gasteiger partial charge in [0.15, 0.2) is 5.17 Å². The second-order valence-corrected chi connectivity index (χ2v) is 8.43. The molecule has 1 atom stereocenters. The summed E-state index contributed by atoms with van der Waals surface area (Å²) < 4.78 is 11.1. The van der Waals surface area contributed by atoms with Gasteiger partial charge in [-0.25, -0.2) is 0 Å². The summed E-state index contributed by atoms with van der Waals surface area (Å²) in [7, 11) is 1.65. The van der Waals surface area contributed by atoms with Crippen LogP contribution in [0.4, 0.5) is 0 Å². The van der Waals surface area contributed by atoms with Gasteiger partial charge in [0.05, 0.1) is 19.8 Å². The van der Waals surface area contributed by atoms with E-state index in [1.165, 1.54) is 6.08 Å². The lowest BCUT2D eigenvalue weighted by Gasteiger charge is -2.10. The van der Waals surface area contributed by atoms with Gasteiger partial charge < -0.3 is 14.8 Å². The average molecular weight is 425 g/mol. The number of hydrogen-bond donors (Lipinski definition) is 1. The maximum atomic E-state index is 12.4. The highest BCUT2D eigenvalue weighted by atomic mass is 32.2. The normalized spacial score (nSPS) is 16.0. The van der Waals surface area contributed by atoms with Crippen molar-refractivity contribution in [1.82, 2.24) is 5.32 Å². The van der Waals surface area contributed by atoms with Gasteiger partial charge in [-0.1, -0.05) is 55.9 Å². The maximum Gasteiger partial charge on any atom is 0.249 e. The van der Waals surface area contributed by atoms with E-state index in [4.69, 9.17) is 9.47 Å². The van der Waals surface area contributed by atoms with Crippen molar-refractivity contribution in [3.8, 4) is 11.5 Å². The Bertz CT molecular complexity index is 907. The van der Waals surface area contributed by atoms with E-state index >= 15 is 0 Å². The number of nitrogens with one attached hydrogen (secondary N) is 1. The van der Waals surface area contributed by atoms with Crippen LogP contribution >= 0.6 is 11.8 Å². The number of amides is 1. The second-order valence-electron chi connectivity index (χ2n) is 7.43. The van der Waals surface area contributed by atoms with Crippen LogP contribution in [0, 0.1) is 5.92 Å². The minimum Gasteiger partial charge on any atom is -0.497 e. The van der Waals surface area contributed by atoms with Crippen LogP contribution in [-0.2, 0) is 4.79 Å². The minimum atomic E-state index is -0.200. The van der Waals surface area contributed by atoms with E-state index in [2.05, 4.69) is 24.2 Å². The van der Waals surface area contributed by atoms with E-state index in [1.807, 2.05) is 48.5 Å². The number of amidine groups is 1. The fraction of sp³-hybridized carbons (Fsp3) is 0.333. The number of hydrogen-bond acceptors (Lipinski definition) is 5. The fourth-order valence-corrected chi connectivity index (χ4v) is 3.86. The third kappa shape index (κ3) is 6.39. The van der Waals surface area contributed by atoms with Crippen molar-refractivity contribution in [3.63, 3.8) is 0 Å². The molecule has 1 heterocycles. The smallest absolute Gasteiger partial charge is 0.249 e. The van der Waals surface area contributed by atoms with Gasteiger partial charge in [0, 0.05) is 17.4 Å². The van der Waals surface area contributed by atoms with E-state index in [0.29, 0.717) is 17.7 Å². The number of aliphatic imine (C=N–C) groups is 1. The predicted molar refractivity (Wildman–Crippen MR) is 124 cm³/mol. The van der Waals surface area contributed by atoms with Crippen LogP contribution in [0.3, 0.4) is 0 Å². The highest BCUT2D eigenvalue weighted by molar-refractivity contribution is 8.14. The van der Waals surface area contributed by atoms with Crippen LogP contribution in [-0.4, -0.2) is 30.5 Å². The molecular formula is C24H28N2O3S. The standard InChI is InChI=1S/C24H28N2O3S/c1-17(2)14-15-29-22-7-5-4-6-19(22)10-13-23(27)26-24-25-21(16-30-24)18-8-11-20(28-3)12-9-18/h4-13,17,21H,14-16H2,1-3H3,(H,25,26,27)/b13-10+. The molecule has 1 unspecified atom stereocenters. The Hall–Kier alpha value is -2.73. The van der Waals surface area contributed by atoms with E-state index in [9.17, 15) is 4.79 Å². The quantitative estimate of drug-likeness (QED) is 0.600. The van der Waals surface area contributed by atoms with Crippen molar-refractivity contribution >= 4 is 28.9 Å². The number of nitrogens with zero attached hydrogens (tertiary/aromatic N) is 1. The molecule has 158 valence electrons. The molecule has 0 saturated heterocycles. The lowest BCUT2D eigenvalue weighted by Crippen LogP contribution is -2.25. The zero-order chi connectivity index (χ0) is 21.3. The highest BCUT2D eigenvalue weighted by Gasteiger charge is 2.20. The molecule has 0 saturated carbocycles. The number of rotatable bonds is 8. The molecule has 2 aromatic carbocycles. The van der Waals surface area contributed by atoms with Crippen molar-refractivity contribution in [2.24, 2.45) is 10.9 Å². The summed E-state index contributed by atoms with van der Waals surface area (Å²) in [6.45, 7) is 5.00. The Morgan fingerprint density at radius 3 is 2.73 bits per heavy atom. The first-order chi connectivity index (χ1) is 14.5. The highest BCUT2D eigenvalue weighted by Crippen LogP contribution is 2.30. The summed E-state index contributed by atoms with van der Waals surface area (Å²) in [5.41, 5.74) is 1.99. The monoisotopic (exact) mass is 424 g/mol. The molecule has 0 fully saturated rings. The summed E-state index contributed by atoms with van der Waals surface area (Å²) in [5, 5.41) is 3.52. The molecule has 0 aromatic heterocycles. The maximum absolute atomic E-state index is 12.4. The van der Waals surface area contributed by atoms with Gasteiger partial charge >= 0.3 is 0 Å². The Morgan fingerprint density at radius 1 is 1.23 bits per heavy atom. The number of thioether (sulfide) groups is 1. The van der Waals surface area contributed by atoms with Crippen molar-refractivity contribution in [2.75, 3.05) is 19.5 Å². The number of methoxy groups -OCH3 is 1. The molecule has 1 N–H and O–H groups in total.